The van der Waals surface area contributed by atoms with E-state index in [2.05, 4.69) is 4.72 Å². The smallest absolute Gasteiger partial charge is 0.263 e. The predicted octanol–water partition coefficient (Wildman–Crippen LogP) is 4.01. The van der Waals surface area contributed by atoms with Crippen molar-refractivity contribution in [3.05, 3.63) is 58.6 Å². The van der Waals surface area contributed by atoms with Crippen molar-refractivity contribution >= 4 is 27.3 Å². The molecule has 5 heteroatoms. The maximum Gasteiger partial charge on any atom is 0.263 e. The Hall–Kier alpha value is -1.52. The van der Waals surface area contributed by atoms with E-state index in [9.17, 15) is 8.42 Å². The Morgan fingerprint density at radius 1 is 1.10 bits per heavy atom. The van der Waals surface area contributed by atoms with Crippen molar-refractivity contribution in [3.63, 3.8) is 0 Å². The largest absolute Gasteiger partial charge is 0.279 e. The molecule has 0 aliphatic rings. The van der Waals surface area contributed by atoms with Crippen LogP contribution in [0.4, 0.5) is 5.69 Å². The highest BCUT2D eigenvalue weighted by atomic mass is 35.5. The summed E-state index contributed by atoms with van der Waals surface area (Å²) >= 11 is 5.97. The zero-order valence-corrected chi connectivity index (χ0v) is 12.9. The van der Waals surface area contributed by atoms with Gasteiger partial charge in [0.05, 0.1) is 10.7 Å². The lowest BCUT2D eigenvalue weighted by molar-refractivity contribution is 0.601. The summed E-state index contributed by atoms with van der Waals surface area (Å²) in [5.74, 6) is 0. The van der Waals surface area contributed by atoms with Gasteiger partial charge in [-0.05, 0) is 36.6 Å². The Kier molecular flexibility index (Phi) is 4.35. The van der Waals surface area contributed by atoms with Gasteiger partial charge < -0.3 is 0 Å². The minimum atomic E-state index is -3.68. The quantitative estimate of drug-likeness (QED) is 0.927. The Morgan fingerprint density at radius 3 is 2.45 bits per heavy atom. The summed E-state index contributed by atoms with van der Waals surface area (Å²) < 4.78 is 27.5. The van der Waals surface area contributed by atoms with Crippen LogP contribution in [0.2, 0.25) is 5.02 Å². The molecule has 0 amide bonds. The molecule has 0 heterocycles. The number of nitrogens with one attached hydrogen (secondary N) is 1. The van der Waals surface area contributed by atoms with Crippen LogP contribution in [-0.2, 0) is 16.4 Å². The molecule has 3 nitrogen and oxygen atoms in total. The molecule has 20 heavy (non-hydrogen) atoms. The molecule has 2 aromatic rings. The average molecular weight is 310 g/mol. The third-order valence-electron chi connectivity index (χ3n) is 3.10. The van der Waals surface area contributed by atoms with Gasteiger partial charge in [0.15, 0.2) is 0 Å². The van der Waals surface area contributed by atoms with E-state index >= 15 is 0 Å². The van der Waals surface area contributed by atoms with Crippen molar-refractivity contribution in [1.29, 1.82) is 0 Å². The van der Waals surface area contributed by atoms with Crippen LogP contribution < -0.4 is 4.72 Å². The molecular formula is C15H16ClNO2S. The highest BCUT2D eigenvalue weighted by Gasteiger charge is 2.19. The number of rotatable bonds is 4. The molecular weight excluding hydrogens is 294 g/mol. The molecule has 2 aromatic carbocycles. The van der Waals surface area contributed by atoms with Gasteiger partial charge in [0, 0.05) is 0 Å². The predicted molar refractivity (Wildman–Crippen MR) is 82.8 cm³/mol. The molecule has 0 aliphatic carbocycles. The first kappa shape index (κ1) is 14.9. The van der Waals surface area contributed by atoms with Gasteiger partial charge in [-0.3, -0.25) is 4.72 Å². The van der Waals surface area contributed by atoms with Gasteiger partial charge in [0.25, 0.3) is 10.0 Å². The Labute approximate surface area is 124 Å². The van der Waals surface area contributed by atoms with E-state index in [0.717, 1.165) is 17.5 Å². The summed E-state index contributed by atoms with van der Waals surface area (Å²) in [6.07, 6.45) is 0.752. The van der Waals surface area contributed by atoms with Crippen LogP contribution in [0.15, 0.2) is 47.4 Å². The van der Waals surface area contributed by atoms with Crippen LogP contribution in [0.3, 0.4) is 0 Å². The fourth-order valence-corrected chi connectivity index (χ4v) is 3.71. The second kappa shape index (κ2) is 5.85. The number of aryl methyl sites for hydroxylation is 2. The second-order valence-corrected chi connectivity index (χ2v) is 6.56. The van der Waals surface area contributed by atoms with E-state index in [1.807, 2.05) is 32.0 Å². The normalized spacial score (nSPS) is 11.3. The van der Waals surface area contributed by atoms with E-state index in [1.54, 1.807) is 18.2 Å². The first-order chi connectivity index (χ1) is 9.45. The minimum Gasteiger partial charge on any atom is -0.279 e. The van der Waals surface area contributed by atoms with Crippen molar-refractivity contribution < 1.29 is 8.42 Å². The summed E-state index contributed by atoms with van der Waals surface area (Å²) in [4.78, 5) is 0.0898. The van der Waals surface area contributed by atoms with E-state index in [-0.39, 0.29) is 9.92 Å². The molecule has 0 aliphatic heterocycles. The fraction of sp³-hybridized carbons (Fsp3) is 0.200. The number of hydrogen-bond donors (Lipinski definition) is 1. The molecule has 0 spiro atoms. The first-order valence-electron chi connectivity index (χ1n) is 6.31. The van der Waals surface area contributed by atoms with Crippen LogP contribution in [0.5, 0.6) is 0 Å². The zero-order chi connectivity index (χ0) is 14.8. The van der Waals surface area contributed by atoms with Crippen LogP contribution in [0.1, 0.15) is 18.1 Å². The summed E-state index contributed by atoms with van der Waals surface area (Å²) in [5, 5.41) is 0.214. The number of sulfonamides is 1. The average Bonchev–Trinajstić information content (AvgIpc) is 2.41. The number of anilines is 1. The third kappa shape index (κ3) is 2.97. The third-order valence-corrected chi connectivity index (χ3v) is 4.95. The van der Waals surface area contributed by atoms with Crippen molar-refractivity contribution in [2.75, 3.05) is 4.72 Å². The van der Waals surface area contributed by atoms with E-state index in [0.29, 0.717) is 5.69 Å². The molecule has 0 saturated heterocycles. The maximum atomic E-state index is 12.4. The maximum absolute atomic E-state index is 12.4. The SMILES string of the molecule is CCc1cccc(C)c1NS(=O)(=O)c1ccccc1Cl. The summed E-state index contributed by atoms with van der Waals surface area (Å²) in [7, 11) is -3.68. The highest BCUT2D eigenvalue weighted by Crippen LogP contribution is 2.27. The molecule has 0 atom stereocenters. The van der Waals surface area contributed by atoms with Crippen LogP contribution in [0, 0.1) is 6.92 Å². The summed E-state index contributed by atoms with van der Waals surface area (Å²) in [6, 6.07) is 12.1. The van der Waals surface area contributed by atoms with Gasteiger partial charge in [0.1, 0.15) is 4.90 Å². The van der Waals surface area contributed by atoms with Crippen molar-refractivity contribution in [1.82, 2.24) is 0 Å². The Balaban J connectivity index is 2.47. The molecule has 0 unspecified atom stereocenters. The molecule has 2 rings (SSSR count). The summed E-state index contributed by atoms with van der Waals surface area (Å²) in [5.41, 5.74) is 2.48. The molecule has 1 N–H and O–H groups in total. The number of para-hydroxylation sites is 1. The van der Waals surface area contributed by atoms with Crippen LogP contribution in [0.25, 0.3) is 0 Å². The monoisotopic (exact) mass is 309 g/mol. The van der Waals surface area contributed by atoms with Crippen molar-refractivity contribution in [2.45, 2.75) is 25.2 Å². The van der Waals surface area contributed by atoms with Crippen LogP contribution in [-0.4, -0.2) is 8.42 Å². The molecule has 0 fully saturated rings. The molecule has 0 bridgehead atoms. The van der Waals surface area contributed by atoms with Gasteiger partial charge in [-0.2, -0.15) is 0 Å². The van der Waals surface area contributed by atoms with Crippen LogP contribution >= 0.6 is 11.6 Å². The lowest BCUT2D eigenvalue weighted by Gasteiger charge is -2.15. The zero-order valence-electron chi connectivity index (χ0n) is 11.4. The number of hydrogen-bond acceptors (Lipinski definition) is 2. The fourth-order valence-electron chi connectivity index (χ4n) is 2.02. The molecule has 0 aromatic heterocycles. The van der Waals surface area contributed by atoms with Gasteiger partial charge in [-0.1, -0.05) is 48.9 Å². The summed E-state index contributed by atoms with van der Waals surface area (Å²) in [6.45, 7) is 3.87. The van der Waals surface area contributed by atoms with Gasteiger partial charge in [-0.25, -0.2) is 8.42 Å². The lowest BCUT2D eigenvalue weighted by atomic mass is 10.1. The van der Waals surface area contributed by atoms with E-state index in [4.69, 9.17) is 11.6 Å². The van der Waals surface area contributed by atoms with Gasteiger partial charge in [-0.15, -0.1) is 0 Å². The standard InChI is InChI=1S/C15H16ClNO2S/c1-3-12-8-6-7-11(2)15(12)17-20(18,19)14-10-5-4-9-13(14)16/h4-10,17H,3H2,1-2H3. The molecule has 0 saturated carbocycles. The number of halogens is 1. The second-order valence-electron chi connectivity index (χ2n) is 4.50. The van der Waals surface area contributed by atoms with E-state index < -0.39 is 10.0 Å². The Morgan fingerprint density at radius 2 is 1.80 bits per heavy atom. The van der Waals surface area contributed by atoms with Crippen molar-refractivity contribution in [2.24, 2.45) is 0 Å². The molecule has 106 valence electrons. The van der Waals surface area contributed by atoms with E-state index in [1.165, 1.54) is 6.07 Å². The molecule has 0 radical (unpaired) electrons. The van der Waals surface area contributed by atoms with Crippen molar-refractivity contribution in [3.8, 4) is 0 Å². The van der Waals surface area contributed by atoms with Gasteiger partial charge in [0.2, 0.25) is 0 Å². The van der Waals surface area contributed by atoms with Gasteiger partial charge >= 0.3 is 0 Å². The first-order valence-corrected chi connectivity index (χ1v) is 8.17. The minimum absolute atomic E-state index is 0.0898. The Bertz CT molecular complexity index is 726. The highest BCUT2D eigenvalue weighted by molar-refractivity contribution is 7.92. The topological polar surface area (TPSA) is 46.2 Å². The lowest BCUT2D eigenvalue weighted by Crippen LogP contribution is -2.15. The number of benzene rings is 2.